The number of rotatable bonds is 4. The van der Waals surface area contributed by atoms with E-state index >= 15 is 0 Å². The van der Waals surface area contributed by atoms with E-state index in [1.54, 1.807) is 26.0 Å². The lowest BCUT2D eigenvalue weighted by Gasteiger charge is -2.11. The highest BCUT2D eigenvalue weighted by Crippen LogP contribution is 2.22. The highest BCUT2D eigenvalue weighted by atomic mass is 16.3. The summed E-state index contributed by atoms with van der Waals surface area (Å²) in [5, 5.41) is 5.60. The molecule has 5 heteroatoms. The Hall–Kier alpha value is -2.56. The molecule has 110 valence electrons. The van der Waals surface area contributed by atoms with Gasteiger partial charge in [0, 0.05) is 17.8 Å². The molecule has 2 amide bonds. The zero-order valence-corrected chi connectivity index (χ0v) is 12.3. The van der Waals surface area contributed by atoms with Gasteiger partial charge in [0.1, 0.15) is 5.76 Å². The van der Waals surface area contributed by atoms with Crippen LogP contribution in [0.15, 0.2) is 34.9 Å². The maximum Gasteiger partial charge on any atom is 0.259 e. The molecule has 0 fully saturated rings. The van der Waals surface area contributed by atoms with Crippen molar-refractivity contribution in [3.63, 3.8) is 0 Å². The monoisotopic (exact) mass is 286 g/mol. The summed E-state index contributed by atoms with van der Waals surface area (Å²) < 4.78 is 5.13. The van der Waals surface area contributed by atoms with Gasteiger partial charge in [-0.15, -0.1) is 0 Å². The Morgan fingerprint density at radius 3 is 2.52 bits per heavy atom. The SMILES string of the molecule is CCC(=O)Nc1ccc(C)c(NC(=O)c2ccoc2C)c1. The molecule has 1 heterocycles. The average molecular weight is 286 g/mol. The second-order valence-electron chi connectivity index (χ2n) is 4.78. The Morgan fingerprint density at radius 1 is 1.14 bits per heavy atom. The van der Waals surface area contributed by atoms with Crippen molar-refractivity contribution in [3.8, 4) is 0 Å². The number of hydrogen-bond donors (Lipinski definition) is 2. The predicted molar refractivity (Wildman–Crippen MR) is 81.5 cm³/mol. The first kappa shape index (κ1) is 14.8. The minimum absolute atomic E-state index is 0.0678. The van der Waals surface area contributed by atoms with E-state index in [2.05, 4.69) is 10.6 Å². The maximum atomic E-state index is 12.2. The summed E-state index contributed by atoms with van der Waals surface area (Å²) in [7, 11) is 0. The van der Waals surface area contributed by atoms with E-state index in [9.17, 15) is 9.59 Å². The fraction of sp³-hybridized carbons (Fsp3) is 0.250. The van der Waals surface area contributed by atoms with Crippen LogP contribution in [0.3, 0.4) is 0 Å². The van der Waals surface area contributed by atoms with Gasteiger partial charge in [-0.05, 0) is 37.6 Å². The van der Waals surface area contributed by atoms with Crippen molar-refractivity contribution in [2.24, 2.45) is 0 Å². The largest absolute Gasteiger partial charge is 0.469 e. The van der Waals surface area contributed by atoms with E-state index < -0.39 is 0 Å². The summed E-state index contributed by atoms with van der Waals surface area (Å²) in [6.45, 7) is 5.41. The van der Waals surface area contributed by atoms with E-state index in [0.717, 1.165) is 5.56 Å². The van der Waals surface area contributed by atoms with Crippen LogP contribution < -0.4 is 10.6 Å². The summed E-state index contributed by atoms with van der Waals surface area (Å²) in [6, 6.07) is 7.03. The molecule has 0 spiro atoms. The van der Waals surface area contributed by atoms with Crippen LogP contribution in [0.4, 0.5) is 11.4 Å². The molecule has 0 aliphatic carbocycles. The van der Waals surface area contributed by atoms with E-state index in [0.29, 0.717) is 29.1 Å². The number of amides is 2. The molecule has 1 aromatic carbocycles. The van der Waals surface area contributed by atoms with Crippen molar-refractivity contribution < 1.29 is 14.0 Å². The number of benzene rings is 1. The number of nitrogens with one attached hydrogen (secondary N) is 2. The Kier molecular flexibility index (Phi) is 4.42. The molecule has 5 nitrogen and oxygen atoms in total. The number of furan rings is 1. The summed E-state index contributed by atoms with van der Waals surface area (Å²) in [5.41, 5.74) is 2.73. The zero-order chi connectivity index (χ0) is 15.4. The van der Waals surface area contributed by atoms with E-state index in [1.807, 2.05) is 19.1 Å². The Labute approximate surface area is 123 Å². The van der Waals surface area contributed by atoms with Crippen LogP contribution in [0, 0.1) is 13.8 Å². The number of hydrogen-bond acceptors (Lipinski definition) is 3. The van der Waals surface area contributed by atoms with Gasteiger partial charge in [-0.3, -0.25) is 9.59 Å². The standard InChI is InChI=1S/C16H18N2O3/c1-4-15(19)17-12-6-5-10(2)14(9-12)18-16(20)13-7-8-21-11(13)3/h5-9H,4H2,1-3H3,(H,17,19)(H,18,20). The van der Waals surface area contributed by atoms with Crippen LogP contribution >= 0.6 is 0 Å². The third-order valence-electron chi connectivity index (χ3n) is 3.19. The maximum absolute atomic E-state index is 12.2. The molecule has 0 bridgehead atoms. The van der Waals surface area contributed by atoms with Crippen molar-refractivity contribution in [1.29, 1.82) is 0 Å². The quantitative estimate of drug-likeness (QED) is 0.903. The van der Waals surface area contributed by atoms with Crippen LogP contribution in [-0.2, 0) is 4.79 Å². The summed E-state index contributed by atoms with van der Waals surface area (Å²) in [4.78, 5) is 23.6. The molecule has 0 saturated carbocycles. The molecule has 21 heavy (non-hydrogen) atoms. The van der Waals surface area contributed by atoms with Gasteiger partial charge in [-0.2, -0.15) is 0 Å². The van der Waals surface area contributed by atoms with E-state index in [1.165, 1.54) is 6.26 Å². The minimum Gasteiger partial charge on any atom is -0.469 e. The van der Waals surface area contributed by atoms with Crippen LogP contribution in [0.2, 0.25) is 0 Å². The number of carbonyl (C=O) groups excluding carboxylic acids is 2. The lowest BCUT2D eigenvalue weighted by atomic mass is 10.1. The smallest absolute Gasteiger partial charge is 0.259 e. The van der Waals surface area contributed by atoms with Crippen molar-refractivity contribution in [1.82, 2.24) is 0 Å². The van der Waals surface area contributed by atoms with Crippen LogP contribution in [0.5, 0.6) is 0 Å². The van der Waals surface area contributed by atoms with Crippen LogP contribution in [0.25, 0.3) is 0 Å². The molecule has 2 aromatic rings. The van der Waals surface area contributed by atoms with Gasteiger partial charge < -0.3 is 15.1 Å². The normalized spacial score (nSPS) is 10.2. The van der Waals surface area contributed by atoms with Gasteiger partial charge in [0.15, 0.2) is 0 Å². The minimum atomic E-state index is -0.233. The average Bonchev–Trinajstić information content (AvgIpc) is 2.88. The predicted octanol–water partition coefficient (Wildman–Crippen LogP) is 3.50. The Balaban J connectivity index is 2.19. The number of aryl methyl sites for hydroxylation is 2. The molecule has 2 N–H and O–H groups in total. The fourth-order valence-corrected chi connectivity index (χ4v) is 1.89. The van der Waals surface area contributed by atoms with Gasteiger partial charge >= 0.3 is 0 Å². The molecular weight excluding hydrogens is 268 g/mol. The Morgan fingerprint density at radius 2 is 1.90 bits per heavy atom. The van der Waals surface area contributed by atoms with Gasteiger partial charge in [0.25, 0.3) is 5.91 Å². The topological polar surface area (TPSA) is 71.3 Å². The van der Waals surface area contributed by atoms with Crippen LogP contribution in [-0.4, -0.2) is 11.8 Å². The Bertz CT molecular complexity index is 674. The third-order valence-corrected chi connectivity index (χ3v) is 3.19. The van der Waals surface area contributed by atoms with E-state index in [-0.39, 0.29) is 11.8 Å². The molecule has 0 unspecified atom stereocenters. The van der Waals surface area contributed by atoms with Crippen molar-refractivity contribution in [2.45, 2.75) is 27.2 Å². The molecule has 0 aliphatic rings. The molecule has 0 aliphatic heterocycles. The first-order chi connectivity index (χ1) is 10.0. The van der Waals surface area contributed by atoms with Gasteiger partial charge in [0.05, 0.1) is 11.8 Å². The fourth-order valence-electron chi connectivity index (χ4n) is 1.89. The van der Waals surface area contributed by atoms with Gasteiger partial charge in [-0.25, -0.2) is 0 Å². The summed E-state index contributed by atoms with van der Waals surface area (Å²) in [5.74, 6) is 0.269. The first-order valence-electron chi connectivity index (χ1n) is 6.77. The van der Waals surface area contributed by atoms with Crippen LogP contribution in [0.1, 0.15) is 35.0 Å². The van der Waals surface area contributed by atoms with Crippen molar-refractivity contribution >= 4 is 23.2 Å². The van der Waals surface area contributed by atoms with Crippen molar-refractivity contribution in [3.05, 3.63) is 47.4 Å². The van der Waals surface area contributed by atoms with Gasteiger partial charge in [0.2, 0.25) is 5.91 Å². The first-order valence-corrected chi connectivity index (χ1v) is 6.77. The zero-order valence-electron chi connectivity index (χ0n) is 12.3. The molecule has 0 saturated heterocycles. The summed E-state index contributed by atoms with van der Waals surface area (Å²) in [6.07, 6.45) is 1.89. The second kappa shape index (κ2) is 6.26. The lowest BCUT2D eigenvalue weighted by molar-refractivity contribution is -0.115. The molecule has 1 aromatic heterocycles. The van der Waals surface area contributed by atoms with Crippen molar-refractivity contribution in [2.75, 3.05) is 10.6 Å². The molecular formula is C16H18N2O3. The van der Waals surface area contributed by atoms with Gasteiger partial charge in [-0.1, -0.05) is 13.0 Å². The number of anilines is 2. The highest BCUT2D eigenvalue weighted by Gasteiger charge is 2.13. The molecule has 0 atom stereocenters. The summed E-state index contributed by atoms with van der Waals surface area (Å²) >= 11 is 0. The lowest BCUT2D eigenvalue weighted by Crippen LogP contribution is -2.14. The molecule has 2 rings (SSSR count). The third kappa shape index (κ3) is 3.51. The van der Waals surface area contributed by atoms with E-state index in [4.69, 9.17) is 4.42 Å². The molecule has 0 radical (unpaired) electrons. The highest BCUT2D eigenvalue weighted by molar-refractivity contribution is 6.05. The number of carbonyl (C=O) groups is 2. The second-order valence-corrected chi connectivity index (χ2v) is 4.78.